The van der Waals surface area contributed by atoms with Gasteiger partial charge in [0.25, 0.3) is 0 Å². The van der Waals surface area contributed by atoms with Crippen LogP contribution in [-0.2, 0) is 12.8 Å². The Bertz CT molecular complexity index is 1230. The molecule has 0 bridgehead atoms. The lowest BCUT2D eigenvalue weighted by Crippen LogP contribution is -2.14. The zero-order chi connectivity index (χ0) is 21.5. The summed E-state index contributed by atoms with van der Waals surface area (Å²) in [5.41, 5.74) is -1.45. The average Bonchev–Trinajstić information content (AvgIpc) is 3.10. The van der Waals surface area contributed by atoms with E-state index < -0.39 is 34.8 Å². The van der Waals surface area contributed by atoms with Crippen LogP contribution in [0.2, 0.25) is 0 Å². The summed E-state index contributed by atoms with van der Waals surface area (Å²) >= 11 is 3.13. The molecule has 2 aromatic heterocycles. The van der Waals surface area contributed by atoms with Gasteiger partial charge in [0.05, 0.1) is 11.8 Å². The van der Waals surface area contributed by atoms with E-state index in [0.29, 0.717) is 16.2 Å². The van der Waals surface area contributed by atoms with Crippen LogP contribution in [0, 0.1) is 11.6 Å². The molecule has 5 nitrogen and oxygen atoms in total. The Morgan fingerprint density at radius 2 is 1.77 bits per heavy atom. The maximum atomic E-state index is 15.1. The smallest absolute Gasteiger partial charge is 0.419 e. The minimum Gasteiger partial charge on any atom is -0.483 e. The number of fused-ring (bicyclic) bond motifs is 1. The molecule has 0 N–H and O–H groups in total. The van der Waals surface area contributed by atoms with Crippen molar-refractivity contribution in [1.82, 2.24) is 20.0 Å². The van der Waals surface area contributed by atoms with Gasteiger partial charge in [0, 0.05) is 6.07 Å². The van der Waals surface area contributed by atoms with Crippen molar-refractivity contribution in [3.63, 3.8) is 0 Å². The molecule has 4 aromatic rings. The van der Waals surface area contributed by atoms with Crippen LogP contribution in [0.3, 0.4) is 0 Å². The third kappa shape index (κ3) is 3.72. The van der Waals surface area contributed by atoms with Gasteiger partial charge in [0.2, 0.25) is 0 Å². The van der Waals surface area contributed by atoms with Gasteiger partial charge in [-0.3, -0.25) is 0 Å². The van der Waals surface area contributed by atoms with E-state index in [1.54, 1.807) is 30.3 Å². The molecule has 2 aromatic carbocycles. The van der Waals surface area contributed by atoms with Gasteiger partial charge < -0.3 is 4.74 Å². The molecule has 0 atom stereocenters. The molecule has 2 heterocycles. The first-order valence-corrected chi connectivity index (χ1v) is 9.18. The Kier molecular flexibility index (Phi) is 5.14. The highest BCUT2D eigenvalue weighted by Gasteiger charge is 2.38. The number of pyridine rings is 1. The van der Waals surface area contributed by atoms with Gasteiger partial charge in [0.1, 0.15) is 27.9 Å². The normalized spacial score (nSPS) is 11.8. The molecule has 4 rings (SSSR count). The van der Waals surface area contributed by atoms with Crippen molar-refractivity contribution < 1.29 is 26.7 Å². The lowest BCUT2D eigenvalue weighted by molar-refractivity contribution is -0.140. The van der Waals surface area contributed by atoms with Gasteiger partial charge in [-0.1, -0.05) is 35.5 Å². The predicted molar refractivity (Wildman–Crippen MR) is 100 cm³/mol. The number of hydrogen-bond donors (Lipinski definition) is 0. The van der Waals surface area contributed by atoms with E-state index in [1.165, 1.54) is 12.3 Å². The van der Waals surface area contributed by atoms with E-state index in [2.05, 4.69) is 31.2 Å². The van der Waals surface area contributed by atoms with Crippen LogP contribution in [0.4, 0.5) is 22.0 Å². The van der Waals surface area contributed by atoms with E-state index in [4.69, 9.17) is 4.74 Å². The Morgan fingerprint density at radius 3 is 2.47 bits per heavy atom. The first kappa shape index (κ1) is 20.2. The lowest BCUT2D eigenvalue weighted by atomic mass is 10.1. The summed E-state index contributed by atoms with van der Waals surface area (Å²) in [5.74, 6) is -4.34. The summed E-state index contributed by atoms with van der Waals surface area (Å²) in [6.07, 6.45) is -3.84. The van der Waals surface area contributed by atoms with Gasteiger partial charge in [-0.15, -0.1) is 5.10 Å². The van der Waals surface area contributed by atoms with E-state index in [0.717, 1.165) is 4.68 Å². The summed E-state index contributed by atoms with van der Waals surface area (Å²) < 4.78 is 76.3. The van der Waals surface area contributed by atoms with Crippen LogP contribution in [0.25, 0.3) is 16.7 Å². The van der Waals surface area contributed by atoms with Crippen molar-refractivity contribution in [1.29, 1.82) is 0 Å². The van der Waals surface area contributed by atoms with Crippen molar-refractivity contribution in [2.75, 3.05) is 0 Å². The number of aromatic nitrogens is 4. The van der Waals surface area contributed by atoms with Gasteiger partial charge >= 0.3 is 6.18 Å². The fraction of sp³-hybridized carbons (Fsp3) is 0.105. The zero-order valence-corrected chi connectivity index (χ0v) is 16.4. The second kappa shape index (κ2) is 7.63. The van der Waals surface area contributed by atoms with Crippen LogP contribution in [0.1, 0.15) is 11.1 Å². The second-order valence-corrected chi connectivity index (χ2v) is 6.98. The highest BCUT2D eigenvalue weighted by Crippen LogP contribution is 2.39. The Morgan fingerprint density at radius 1 is 1.03 bits per heavy atom. The fourth-order valence-corrected chi connectivity index (χ4v) is 3.11. The van der Waals surface area contributed by atoms with Crippen molar-refractivity contribution in [3.05, 3.63) is 76.0 Å². The van der Waals surface area contributed by atoms with Crippen LogP contribution in [-0.4, -0.2) is 20.0 Å². The summed E-state index contributed by atoms with van der Waals surface area (Å²) in [4.78, 5) is 3.95. The Balaban J connectivity index is 1.87. The summed E-state index contributed by atoms with van der Waals surface area (Å²) in [7, 11) is 0. The van der Waals surface area contributed by atoms with E-state index in [1.807, 2.05) is 0 Å². The number of nitrogens with zero attached hydrogens (tertiary/aromatic N) is 4. The summed E-state index contributed by atoms with van der Waals surface area (Å²) in [5, 5.41) is 7.50. The molecule has 0 amide bonds. The van der Waals surface area contributed by atoms with E-state index in [-0.39, 0.29) is 17.6 Å². The topological polar surface area (TPSA) is 52.8 Å². The molecule has 0 aliphatic heterocycles. The quantitative estimate of drug-likeness (QED) is 0.285. The van der Waals surface area contributed by atoms with Crippen LogP contribution < -0.4 is 4.74 Å². The maximum Gasteiger partial charge on any atom is 0.419 e. The molecule has 11 heteroatoms. The molecule has 0 aliphatic rings. The molecule has 0 aliphatic carbocycles. The molecule has 154 valence electrons. The SMILES string of the molecule is Fc1c(-n2nnc3cc(Br)ncc32)cc(C(F)(F)F)c(F)c1OCc1ccccc1. The molecular weight excluding hydrogens is 475 g/mol. The summed E-state index contributed by atoms with van der Waals surface area (Å²) in [6.45, 7) is -0.331. The van der Waals surface area contributed by atoms with Crippen molar-refractivity contribution in [3.8, 4) is 11.4 Å². The minimum atomic E-state index is -5.09. The third-order valence-corrected chi connectivity index (χ3v) is 4.63. The number of alkyl halides is 3. The standard InChI is InChI=1S/C19H10BrF5N4O/c20-15-7-12-14(8-26-15)29(28-27-12)13-6-11(19(23,24)25)16(21)18(17(13)22)30-9-10-4-2-1-3-5-10/h1-8H,9H2. The van der Waals surface area contributed by atoms with E-state index in [9.17, 15) is 17.6 Å². The largest absolute Gasteiger partial charge is 0.483 e. The van der Waals surface area contributed by atoms with E-state index >= 15 is 4.39 Å². The van der Waals surface area contributed by atoms with Crippen LogP contribution >= 0.6 is 15.9 Å². The third-order valence-electron chi connectivity index (χ3n) is 4.20. The fourth-order valence-electron chi connectivity index (χ4n) is 2.79. The van der Waals surface area contributed by atoms with Gasteiger partial charge in [-0.25, -0.2) is 18.4 Å². The molecule has 0 fully saturated rings. The maximum absolute atomic E-state index is 15.1. The summed E-state index contributed by atoms with van der Waals surface area (Å²) in [6, 6.07) is 10.0. The Labute approximate surface area is 174 Å². The molecule has 0 saturated heterocycles. The van der Waals surface area contributed by atoms with Crippen molar-refractivity contribution >= 4 is 27.0 Å². The molecule has 30 heavy (non-hydrogen) atoms. The van der Waals surface area contributed by atoms with Crippen LogP contribution in [0.15, 0.2) is 53.3 Å². The second-order valence-electron chi connectivity index (χ2n) is 6.17. The number of hydrogen-bond acceptors (Lipinski definition) is 4. The first-order valence-electron chi connectivity index (χ1n) is 8.39. The molecule has 0 saturated carbocycles. The number of ether oxygens (including phenoxy) is 1. The zero-order valence-electron chi connectivity index (χ0n) is 14.8. The van der Waals surface area contributed by atoms with Gasteiger partial charge in [-0.05, 0) is 27.6 Å². The minimum absolute atomic E-state index is 0.130. The monoisotopic (exact) mass is 484 g/mol. The van der Waals surface area contributed by atoms with Gasteiger partial charge in [0.15, 0.2) is 17.4 Å². The first-order chi connectivity index (χ1) is 14.3. The predicted octanol–water partition coefficient (Wildman–Crippen LogP) is 5.45. The van der Waals surface area contributed by atoms with Crippen molar-refractivity contribution in [2.45, 2.75) is 12.8 Å². The Hall–Kier alpha value is -3.08. The number of rotatable bonds is 4. The molecule has 0 spiro atoms. The lowest BCUT2D eigenvalue weighted by Gasteiger charge is -2.16. The number of benzene rings is 2. The average molecular weight is 485 g/mol. The number of halogens is 6. The molecular formula is C19H10BrF5N4O. The highest BCUT2D eigenvalue weighted by molar-refractivity contribution is 9.10. The van der Waals surface area contributed by atoms with Crippen LogP contribution in [0.5, 0.6) is 5.75 Å². The molecule has 0 radical (unpaired) electrons. The molecule has 0 unspecified atom stereocenters. The van der Waals surface area contributed by atoms with Gasteiger partial charge in [-0.2, -0.15) is 13.2 Å². The highest BCUT2D eigenvalue weighted by atomic mass is 79.9. The van der Waals surface area contributed by atoms with Crippen molar-refractivity contribution in [2.24, 2.45) is 0 Å².